The van der Waals surface area contributed by atoms with Crippen LogP contribution in [0.2, 0.25) is 0 Å². The molecular formula is C12H16N2O2S. The van der Waals surface area contributed by atoms with Crippen LogP contribution in [0.25, 0.3) is 0 Å². The highest BCUT2D eigenvalue weighted by Gasteiger charge is 2.24. The lowest BCUT2D eigenvalue weighted by atomic mass is 10.3. The van der Waals surface area contributed by atoms with Crippen LogP contribution in [0.15, 0.2) is 29.2 Å². The van der Waals surface area contributed by atoms with E-state index in [-0.39, 0.29) is 11.2 Å². The average Bonchev–Trinajstić information content (AvgIpc) is 2.38. The molecule has 0 saturated carbocycles. The van der Waals surface area contributed by atoms with Gasteiger partial charge in [0, 0.05) is 30.8 Å². The van der Waals surface area contributed by atoms with Gasteiger partial charge in [-0.1, -0.05) is 12.1 Å². The monoisotopic (exact) mass is 252 g/mol. The predicted octanol–water partition coefficient (Wildman–Crippen LogP) is 1.34. The lowest BCUT2D eigenvalue weighted by Crippen LogP contribution is -2.39. The molecule has 1 aromatic rings. The number of nitrogens with one attached hydrogen (secondary N) is 2. The molecule has 1 aliphatic heterocycles. The summed E-state index contributed by atoms with van der Waals surface area (Å²) >= 11 is 1.61. The molecule has 4 nitrogen and oxygen atoms in total. The van der Waals surface area contributed by atoms with Crippen LogP contribution in [0, 0.1) is 0 Å². The van der Waals surface area contributed by atoms with Crippen molar-refractivity contribution < 1.29 is 9.53 Å². The normalized spacial score (nSPS) is 18.1. The van der Waals surface area contributed by atoms with Gasteiger partial charge in [-0.2, -0.15) is 0 Å². The van der Waals surface area contributed by atoms with E-state index in [9.17, 15) is 4.79 Å². The molecule has 2 rings (SSSR count). The van der Waals surface area contributed by atoms with Gasteiger partial charge >= 0.3 is 0 Å². The van der Waals surface area contributed by atoms with E-state index in [2.05, 4.69) is 10.6 Å². The first-order chi connectivity index (χ1) is 8.31. The van der Waals surface area contributed by atoms with E-state index in [1.165, 1.54) is 0 Å². The van der Waals surface area contributed by atoms with E-state index in [1.54, 1.807) is 18.9 Å². The van der Waals surface area contributed by atoms with Crippen LogP contribution >= 0.6 is 11.8 Å². The number of benzene rings is 1. The van der Waals surface area contributed by atoms with E-state index in [1.807, 2.05) is 24.3 Å². The standard InChI is InChI=1S/C12H16N2O2S/c1-16-7-6-13-12(15)11-8-14-9-4-2-3-5-10(9)17-11/h2-5,11,14H,6-8H2,1H3,(H,13,15)/t11-/m1/s1. The Bertz CT molecular complexity index is 398. The zero-order valence-corrected chi connectivity index (χ0v) is 10.5. The molecule has 1 amide bonds. The van der Waals surface area contributed by atoms with Gasteiger partial charge in [-0.05, 0) is 12.1 Å². The average molecular weight is 252 g/mol. The molecule has 17 heavy (non-hydrogen) atoms. The van der Waals surface area contributed by atoms with Crippen molar-refractivity contribution in [1.82, 2.24) is 5.32 Å². The number of hydrogen-bond acceptors (Lipinski definition) is 4. The van der Waals surface area contributed by atoms with Crippen molar-refractivity contribution in [3.63, 3.8) is 0 Å². The zero-order valence-electron chi connectivity index (χ0n) is 9.73. The van der Waals surface area contributed by atoms with Gasteiger partial charge in [0.05, 0.1) is 6.61 Å². The predicted molar refractivity (Wildman–Crippen MR) is 69.5 cm³/mol. The lowest BCUT2D eigenvalue weighted by Gasteiger charge is -2.24. The van der Waals surface area contributed by atoms with Gasteiger partial charge < -0.3 is 15.4 Å². The number of amides is 1. The molecule has 0 unspecified atom stereocenters. The third kappa shape index (κ3) is 3.14. The summed E-state index contributed by atoms with van der Waals surface area (Å²) in [7, 11) is 1.62. The van der Waals surface area contributed by atoms with Crippen LogP contribution in [-0.2, 0) is 9.53 Å². The van der Waals surface area contributed by atoms with Gasteiger partial charge in [0.1, 0.15) is 5.25 Å². The molecule has 92 valence electrons. The van der Waals surface area contributed by atoms with Crippen LogP contribution in [-0.4, -0.2) is 38.0 Å². The fraction of sp³-hybridized carbons (Fsp3) is 0.417. The van der Waals surface area contributed by atoms with Crippen LogP contribution in [0.1, 0.15) is 0 Å². The summed E-state index contributed by atoms with van der Waals surface area (Å²) in [5, 5.41) is 6.06. The summed E-state index contributed by atoms with van der Waals surface area (Å²) in [6.07, 6.45) is 0. The number of thioether (sulfide) groups is 1. The second-order valence-corrected chi connectivity index (χ2v) is 5.01. The number of rotatable bonds is 4. The molecule has 0 aromatic heterocycles. The molecule has 0 spiro atoms. The van der Waals surface area contributed by atoms with Crippen LogP contribution in [0.4, 0.5) is 5.69 Å². The van der Waals surface area contributed by atoms with Crippen molar-refractivity contribution in [2.24, 2.45) is 0 Å². The van der Waals surface area contributed by atoms with Crippen molar-refractivity contribution in [3.8, 4) is 0 Å². The van der Waals surface area contributed by atoms with Gasteiger partial charge in [0.15, 0.2) is 0 Å². The maximum Gasteiger partial charge on any atom is 0.235 e. The highest BCUT2D eigenvalue weighted by Crippen LogP contribution is 2.34. The first-order valence-corrected chi connectivity index (χ1v) is 6.45. The second kappa shape index (κ2) is 5.93. The van der Waals surface area contributed by atoms with Gasteiger partial charge in [-0.3, -0.25) is 4.79 Å². The number of ether oxygens (including phenoxy) is 1. The van der Waals surface area contributed by atoms with Gasteiger partial charge in [0.2, 0.25) is 5.91 Å². The van der Waals surface area contributed by atoms with Crippen LogP contribution < -0.4 is 10.6 Å². The molecule has 5 heteroatoms. The number of carbonyl (C=O) groups is 1. The van der Waals surface area contributed by atoms with E-state index < -0.39 is 0 Å². The van der Waals surface area contributed by atoms with E-state index in [4.69, 9.17) is 4.74 Å². The Labute approximate surface area is 105 Å². The number of para-hydroxylation sites is 1. The molecule has 1 heterocycles. The first-order valence-electron chi connectivity index (χ1n) is 5.57. The zero-order chi connectivity index (χ0) is 12.1. The molecule has 0 aliphatic carbocycles. The summed E-state index contributed by atoms with van der Waals surface area (Å²) < 4.78 is 4.90. The van der Waals surface area contributed by atoms with Crippen LogP contribution in [0.3, 0.4) is 0 Å². The largest absolute Gasteiger partial charge is 0.383 e. The topological polar surface area (TPSA) is 50.4 Å². The minimum absolute atomic E-state index is 0.0639. The molecule has 1 aromatic carbocycles. The Morgan fingerprint density at radius 1 is 1.59 bits per heavy atom. The fourth-order valence-corrected chi connectivity index (χ4v) is 2.74. The smallest absolute Gasteiger partial charge is 0.235 e. The fourth-order valence-electron chi connectivity index (χ4n) is 1.65. The number of methoxy groups -OCH3 is 1. The minimum atomic E-state index is -0.0678. The molecule has 0 radical (unpaired) electrons. The Morgan fingerprint density at radius 2 is 2.41 bits per heavy atom. The number of fused-ring (bicyclic) bond motifs is 1. The number of hydrogen-bond donors (Lipinski definition) is 2. The van der Waals surface area contributed by atoms with Crippen molar-refractivity contribution in [2.45, 2.75) is 10.1 Å². The Balaban J connectivity index is 1.91. The van der Waals surface area contributed by atoms with Gasteiger partial charge in [-0.25, -0.2) is 0 Å². The van der Waals surface area contributed by atoms with Crippen molar-refractivity contribution in [2.75, 3.05) is 32.1 Å². The summed E-state index contributed by atoms with van der Waals surface area (Å²) in [6.45, 7) is 1.78. The summed E-state index contributed by atoms with van der Waals surface area (Å²) in [5.41, 5.74) is 1.11. The minimum Gasteiger partial charge on any atom is -0.383 e. The molecular weight excluding hydrogens is 236 g/mol. The quantitative estimate of drug-likeness (QED) is 0.794. The third-order valence-corrected chi connectivity index (χ3v) is 3.81. The highest BCUT2D eigenvalue weighted by atomic mass is 32.2. The van der Waals surface area contributed by atoms with Gasteiger partial charge in [0.25, 0.3) is 0 Å². The van der Waals surface area contributed by atoms with E-state index >= 15 is 0 Å². The lowest BCUT2D eigenvalue weighted by molar-refractivity contribution is -0.120. The second-order valence-electron chi connectivity index (χ2n) is 3.77. The van der Waals surface area contributed by atoms with E-state index in [0.717, 1.165) is 10.6 Å². The van der Waals surface area contributed by atoms with Crippen molar-refractivity contribution in [1.29, 1.82) is 0 Å². The van der Waals surface area contributed by atoms with Crippen molar-refractivity contribution in [3.05, 3.63) is 24.3 Å². The third-order valence-electron chi connectivity index (χ3n) is 2.53. The van der Waals surface area contributed by atoms with Crippen LogP contribution in [0.5, 0.6) is 0 Å². The van der Waals surface area contributed by atoms with Gasteiger partial charge in [-0.15, -0.1) is 11.8 Å². The summed E-state index contributed by atoms with van der Waals surface area (Å²) in [6, 6.07) is 8.03. The molecule has 0 bridgehead atoms. The summed E-state index contributed by atoms with van der Waals surface area (Å²) in [5.74, 6) is 0.0639. The molecule has 0 saturated heterocycles. The molecule has 0 fully saturated rings. The molecule has 1 atom stereocenters. The molecule has 1 aliphatic rings. The Morgan fingerprint density at radius 3 is 3.24 bits per heavy atom. The Hall–Kier alpha value is -1.20. The number of carbonyl (C=O) groups excluding carboxylic acids is 1. The highest BCUT2D eigenvalue weighted by molar-refractivity contribution is 8.00. The maximum absolute atomic E-state index is 11.9. The Kier molecular flexibility index (Phi) is 4.28. The molecule has 2 N–H and O–H groups in total. The first kappa shape index (κ1) is 12.3. The van der Waals surface area contributed by atoms with Crippen molar-refractivity contribution >= 4 is 23.4 Å². The summed E-state index contributed by atoms with van der Waals surface area (Å²) in [4.78, 5) is 13.0. The number of anilines is 1. The van der Waals surface area contributed by atoms with E-state index in [0.29, 0.717) is 19.7 Å². The SMILES string of the molecule is COCCNC(=O)[C@H]1CNc2ccccc2S1. The maximum atomic E-state index is 11.9.